The molecule has 0 fully saturated rings. The van der Waals surface area contributed by atoms with Gasteiger partial charge >= 0.3 is 23.4 Å². The Morgan fingerprint density at radius 2 is 1.57 bits per heavy atom. The van der Waals surface area contributed by atoms with Gasteiger partial charge in [0.1, 0.15) is 5.75 Å². The van der Waals surface area contributed by atoms with Crippen LogP contribution in [0, 0.1) is 0 Å². The van der Waals surface area contributed by atoms with E-state index in [4.69, 9.17) is 14.2 Å². The van der Waals surface area contributed by atoms with Gasteiger partial charge in [-0.25, -0.2) is 14.3 Å². The molecule has 248 valence electrons. The van der Waals surface area contributed by atoms with Crippen molar-refractivity contribution < 1.29 is 32.2 Å². The minimum atomic E-state index is -4.34. The fourth-order valence-corrected chi connectivity index (χ4v) is 4.81. The Hall–Kier alpha value is -3.31. The van der Waals surface area contributed by atoms with Crippen LogP contribution in [-0.4, -0.2) is 45.3 Å². The maximum atomic E-state index is 13.0. The topological polar surface area (TPSA) is 102 Å². The number of nitrogens with zero attached hydrogens (tertiary/aromatic N) is 3. The summed E-state index contributed by atoms with van der Waals surface area (Å²) in [4.78, 5) is 38.2. The van der Waals surface area contributed by atoms with Gasteiger partial charge < -0.3 is 14.2 Å². The maximum Gasteiger partial charge on any atom is 0.389 e. The molecule has 0 aliphatic rings. The van der Waals surface area contributed by atoms with E-state index in [1.165, 1.54) is 0 Å². The average molecular weight is 628 g/mol. The summed E-state index contributed by atoms with van der Waals surface area (Å²) in [6.07, 6.45) is 2.11. The number of aryl methyl sites for hydroxylation is 2. The number of unbranched alkanes of at least 4 members (excludes halogenated alkanes) is 5. The number of esters is 1. The van der Waals surface area contributed by atoms with Crippen LogP contribution >= 0.6 is 0 Å². The Bertz CT molecular complexity index is 1260. The lowest BCUT2D eigenvalue weighted by Crippen LogP contribution is -2.42. The van der Waals surface area contributed by atoms with Crippen molar-refractivity contribution in [3.8, 4) is 11.6 Å². The number of halogens is 3. The van der Waals surface area contributed by atoms with Gasteiger partial charge in [-0.2, -0.15) is 13.2 Å². The lowest BCUT2D eigenvalue weighted by molar-refractivity contribution is -0.161. The van der Waals surface area contributed by atoms with Gasteiger partial charge in [-0.1, -0.05) is 58.1 Å². The maximum absolute atomic E-state index is 13.0. The second-order valence-electron chi connectivity index (χ2n) is 11.2. The van der Waals surface area contributed by atoms with Gasteiger partial charge in [0, 0.05) is 19.5 Å². The second-order valence-corrected chi connectivity index (χ2v) is 11.2. The Kier molecular flexibility index (Phi) is 15.5. The summed E-state index contributed by atoms with van der Waals surface area (Å²) in [5.74, 6) is -0.0987. The zero-order chi connectivity index (χ0) is 32.6. The number of rotatable bonds is 21. The highest BCUT2D eigenvalue weighted by Crippen LogP contribution is 2.25. The normalized spacial score (nSPS) is 13.0. The molecule has 0 radical (unpaired) electrons. The van der Waals surface area contributed by atoms with Gasteiger partial charge in [-0.3, -0.25) is 9.36 Å². The molecule has 1 atom stereocenters. The molecule has 0 bridgehead atoms. The Morgan fingerprint density at radius 3 is 2.20 bits per heavy atom. The molecule has 0 spiro atoms. The molecule has 0 saturated heterocycles. The molecule has 9 nitrogen and oxygen atoms in total. The highest BCUT2D eigenvalue weighted by atomic mass is 19.4. The number of ether oxygens (including phenoxy) is 3. The summed E-state index contributed by atoms with van der Waals surface area (Å²) in [5.41, 5.74) is -1.39. The molecule has 1 aromatic heterocycles. The van der Waals surface area contributed by atoms with Crippen molar-refractivity contribution in [1.82, 2.24) is 14.3 Å². The van der Waals surface area contributed by atoms with E-state index < -0.39 is 35.4 Å². The van der Waals surface area contributed by atoms with Crippen LogP contribution in [0.1, 0.15) is 104 Å². The molecule has 2 rings (SSSR count). The van der Waals surface area contributed by atoms with E-state index in [2.05, 4.69) is 12.0 Å². The molecule has 12 heteroatoms. The zero-order valence-corrected chi connectivity index (χ0v) is 26.5. The standard InChI is InChI=1S/C32H48F3N3O6/c1-5-8-9-10-12-22-37-28(39)27(36-38(30(37)41)23-14-21-32(33,34)35)43-24-13-11-15-25-16-18-26(19-17-25)44-31(4,20-6-2)29(40)42-7-3/h16-19H,5-15,20-24H2,1-4H3. The molecule has 0 aliphatic carbocycles. The zero-order valence-electron chi connectivity index (χ0n) is 26.5. The SMILES string of the molecule is CCCCCCCn1c(=O)c(OCCCCc2ccc(OC(C)(CCC)C(=O)OCC)cc2)nn(CCCC(F)(F)F)c1=O. The van der Waals surface area contributed by atoms with Crippen LogP contribution in [0.5, 0.6) is 11.6 Å². The lowest BCUT2D eigenvalue weighted by Gasteiger charge is -2.28. The summed E-state index contributed by atoms with van der Waals surface area (Å²) in [7, 11) is 0. The highest BCUT2D eigenvalue weighted by molar-refractivity contribution is 5.79. The summed E-state index contributed by atoms with van der Waals surface area (Å²) in [6.45, 7) is 7.89. The van der Waals surface area contributed by atoms with Gasteiger partial charge in [0.25, 0.3) is 5.88 Å². The second kappa shape index (κ2) is 18.5. The predicted molar refractivity (Wildman–Crippen MR) is 162 cm³/mol. The Balaban J connectivity index is 1.98. The average Bonchev–Trinajstić information content (AvgIpc) is 2.96. The first kappa shape index (κ1) is 36.9. The van der Waals surface area contributed by atoms with Crippen molar-refractivity contribution in [3.05, 3.63) is 50.7 Å². The smallest absolute Gasteiger partial charge is 0.389 e. The molecule has 1 heterocycles. The number of benzene rings is 1. The predicted octanol–water partition coefficient (Wildman–Crippen LogP) is 6.62. The van der Waals surface area contributed by atoms with Crippen molar-refractivity contribution in [1.29, 1.82) is 0 Å². The third kappa shape index (κ3) is 12.4. The van der Waals surface area contributed by atoms with Gasteiger partial charge in [-0.05, 0) is 70.1 Å². The number of aromatic nitrogens is 3. The first-order chi connectivity index (χ1) is 20.9. The third-order valence-corrected chi connectivity index (χ3v) is 7.21. The van der Waals surface area contributed by atoms with Gasteiger partial charge in [-0.15, -0.1) is 5.10 Å². The number of hydrogen-bond acceptors (Lipinski definition) is 7. The molecule has 0 N–H and O–H groups in total. The largest absolute Gasteiger partial charge is 0.476 e. The Morgan fingerprint density at radius 1 is 0.864 bits per heavy atom. The molecular weight excluding hydrogens is 579 g/mol. The van der Waals surface area contributed by atoms with Crippen molar-refractivity contribution in [3.63, 3.8) is 0 Å². The molecule has 0 amide bonds. The fourth-order valence-electron chi connectivity index (χ4n) is 4.81. The summed E-state index contributed by atoms with van der Waals surface area (Å²) in [6, 6.07) is 7.47. The molecule has 2 aromatic rings. The minimum Gasteiger partial charge on any atom is -0.476 e. The molecule has 0 saturated carbocycles. The van der Waals surface area contributed by atoms with Gasteiger partial charge in [0.15, 0.2) is 0 Å². The molecule has 1 unspecified atom stereocenters. The quantitative estimate of drug-likeness (QED) is 0.113. The first-order valence-electron chi connectivity index (χ1n) is 15.8. The van der Waals surface area contributed by atoms with Crippen LogP contribution in [0.4, 0.5) is 13.2 Å². The number of alkyl halides is 3. The van der Waals surface area contributed by atoms with E-state index in [0.717, 1.165) is 59.8 Å². The fraction of sp³-hybridized carbons (Fsp3) is 0.688. The molecule has 44 heavy (non-hydrogen) atoms. The van der Waals surface area contributed by atoms with Crippen molar-refractivity contribution in [2.45, 2.75) is 130 Å². The first-order valence-corrected chi connectivity index (χ1v) is 15.8. The monoisotopic (exact) mass is 627 g/mol. The Labute approximate surface area is 257 Å². The van der Waals surface area contributed by atoms with Crippen molar-refractivity contribution in [2.24, 2.45) is 0 Å². The number of carbonyl (C=O) groups excluding carboxylic acids is 1. The van der Waals surface area contributed by atoms with E-state index in [-0.39, 0.29) is 38.6 Å². The van der Waals surface area contributed by atoms with Crippen molar-refractivity contribution in [2.75, 3.05) is 13.2 Å². The lowest BCUT2D eigenvalue weighted by atomic mass is 10.0. The summed E-state index contributed by atoms with van der Waals surface area (Å²) >= 11 is 0. The molecular formula is C32H48F3N3O6. The van der Waals surface area contributed by atoms with E-state index >= 15 is 0 Å². The minimum absolute atomic E-state index is 0.162. The summed E-state index contributed by atoms with van der Waals surface area (Å²) in [5, 5.41) is 3.98. The van der Waals surface area contributed by atoms with E-state index in [0.29, 0.717) is 25.0 Å². The van der Waals surface area contributed by atoms with Crippen LogP contribution in [0.2, 0.25) is 0 Å². The van der Waals surface area contributed by atoms with Crippen LogP contribution in [-0.2, 0) is 29.0 Å². The van der Waals surface area contributed by atoms with E-state index in [9.17, 15) is 27.6 Å². The van der Waals surface area contributed by atoms with Crippen LogP contribution in [0.3, 0.4) is 0 Å². The van der Waals surface area contributed by atoms with Crippen molar-refractivity contribution >= 4 is 5.97 Å². The third-order valence-electron chi connectivity index (χ3n) is 7.21. The summed E-state index contributed by atoms with van der Waals surface area (Å²) < 4.78 is 56.8. The highest BCUT2D eigenvalue weighted by Gasteiger charge is 2.36. The van der Waals surface area contributed by atoms with E-state index in [1.54, 1.807) is 13.8 Å². The van der Waals surface area contributed by atoms with Crippen LogP contribution in [0.15, 0.2) is 33.9 Å². The number of carbonyl (C=O) groups is 1. The van der Waals surface area contributed by atoms with Crippen LogP contribution < -0.4 is 20.7 Å². The number of hydrogen-bond donors (Lipinski definition) is 0. The molecule has 0 aliphatic heterocycles. The van der Waals surface area contributed by atoms with Gasteiger partial charge in [0.05, 0.1) is 13.2 Å². The van der Waals surface area contributed by atoms with Crippen LogP contribution in [0.25, 0.3) is 0 Å². The molecule has 1 aromatic carbocycles. The van der Waals surface area contributed by atoms with Gasteiger partial charge in [0.2, 0.25) is 5.60 Å². The van der Waals surface area contributed by atoms with E-state index in [1.807, 2.05) is 31.2 Å².